The van der Waals surface area contributed by atoms with Crippen LogP contribution in [-0.4, -0.2) is 63.2 Å². The zero-order valence-electron chi connectivity index (χ0n) is 16.1. The fourth-order valence-corrected chi connectivity index (χ4v) is 3.28. The lowest BCUT2D eigenvalue weighted by molar-refractivity contribution is 0.0625. The molecule has 1 amide bonds. The highest BCUT2D eigenvalue weighted by atomic mass is 16.5. The maximum atomic E-state index is 12.9. The molecule has 1 aliphatic rings. The van der Waals surface area contributed by atoms with Crippen molar-refractivity contribution < 1.29 is 19.0 Å². The maximum absolute atomic E-state index is 12.9. The highest BCUT2D eigenvalue weighted by molar-refractivity contribution is 5.97. The van der Waals surface area contributed by atoms with Crippen LogP contribution in [0.15, 0.2) is 42.5 Å². The van der Waals surface area contributed by atoms with Crippen LogP contribution in [0.2, 0.25) is 0 Å². The number of amides is 1. The van der Waals surface area contributed by atoms with Crippen LogP contribution < -0.4 is 14.2 Å². The lowest BCUT2D eigenvalue weighted by atomic mass is 10.1. The molecule has 1 aliphatic heterocycles. The topological polar surface area (TPSA) is 51.2 Å². The Morgan fingerprint density at radius 3 is 2.26 bits per heavy atom. The van der Waals surface area contributed by atoms with Gasteiger partial charge in [-0.1, -0.05) is 12.1 Å². The highest BCUT2D eigenvalue weighted by Gasteiger charge is 2.24. The molecule has 1 fully saturated rings. The van der Waals surface area contributed by atoms with E-state index < -0.39 is 0 Å². The van der Waals surface area contributed by atoms with E-state index in [4.69, 9.17) is 14.2 Å². The molecule has 6 heteroatoms. The third-order valence-electron chi connectivity index (χ3n) is 4.84. The molecule has 0 spiro atoms. The monoisotopic (exact) mass is 370 g/mol. The van der Waals surface area contributed by atoms with Gasteiger partial charge in [-0.2, -0.15) is 0 Å². The van der Waals surface area contributed by atoms with Crippen LogP contribution in [0, 0.1) is 0 Å². The molecule has 0 aliphatic carbocycles. The number of rotatable bonds is 6. The Bertz CT molecular complexity index is 786. The summed E-state index contributed by atoms with van der Waals surface area (Å²) >= 11 is 0. The first-order chi connectivity index (χ1) is 13.1. The maximum Gasteiger partial charge on any atom is 0.257 e. The van der Waals surface area contributed by atoms with Crippen molar-refractivity contribution in [3.8, 4) is 17.2 Å². The number of nitrogens with zero attached hydrogens (tertiary/aromatic N) is 2. The molecule has 0 saturated carbocycles. The summed E-state index contributed by atoms with van der Waals surface area (Å²) in [5.41, 5.74) is 1.78. The Kier molecular flexibility index (Phi) is 6.19. The fourth-order valence-electron chi connectivity index (χ4n) is 3.28. The summed E-state index contributed by atoms with van der Waals surface area (Å²) in [6.07, 6.45) is 0. The number of benzene rings is 2. The standard InChI is InChI=1S/C21H26N2O4/c1-25-17-6-4-5-16(13-17)15-22-9-11-23(12-10-22)21(24)19-8-7-18(26-2)14-20(19)27-3/h4-8,13-14H,9-12,15H2,1-3H3. The number of piperazine rings is 1. The zero-order chi connectivity index (χ0) is 19.2. The number of carbonyl (C=O) groups excluding carboxylic acids is 1. The molecule has 144 valence electrons. The van der Waals surface area contributed by atoms with E-state index >= 15 is 0 Å². The van der Waals surface area contributed by atoms with E-state index in [9.17, 15) is 4.79 Å². The molecule has 0 aromatic heterocycles. The van der Waals surface area contributed by atoms with E-state index in [0.717, 1.165) is 25.4 Å². The summed E-state index contributed by atoms with van der Waals surface area (Å²) in [5, 5.41) is 0. The van der Waals surface area contributed by atoms with Gasteiger partial charge in [0, 0.05) is 38.8 Å². The van der Waals surface area contributed by atoms with Gasteiger partial charge in [-0.25, -0.2) is 0 Å². The average Bonchev–Trinajstić information content (AvgIpc) is 2.73. The normalized spacial score (nSPS) is 14.7. The van der Waals surface area contributed by atoms with E-state index in [2.05, 4.69) is 17.0 Å². The molecule has 27 heavy (non-hydrogen) atoms. The molecule has 1 saturated heterocycles. The van der Waals surface area contributed by atoms with Crippen LogP contribution in [0.3, 0.4) is 0 Å². The van der Waals surface area contributed by atoms with Crippen molar-refractivity contribution in [2.75, 3.05) is 47.5 Å². The van der Waals surface area contributed by atoms with Gasteiger partial charge in [-0.15, -0.1) is 0 Å². The van der Waals surface area contributed by atoms with Crippen LogP contribution in [0.25, 0.3) is 0 Å². The summed E-state index contributed by atoms with van der Waals surface area (Å²) in [6, 6.07) is 13.4. The Hall–Kier alpha value is -2.73. The van der Waals surface area contributed by atoms with Crippen LogP contribution >= 0.6 is 0 Å². The van der Waals surface area contributed by atoms with Crippen molar-refractivity contribution in [1.29, 1.82) is 0 Å². The number of carbonyl (C=O) groups is 1. The lowest BCUT2D eigenvalue weighted by Crippen LogP contribution is -2.48. The van der Waals surface area contributed by atoms with Crippen molar-refractivity contribution in [3.63, 3.8) is 0 Å². The highest BCUT2D eigenvalue weighted by Crippen LogP contribution is 2.26. The van der Waals surface area contributed by atoms with Crippen LogP contribution in [0.5, 0.6) is 17.2 Å². The largest absolute Gasteiger partial charge is 0.497 e. The molecule has 6 nitrogen and oxygen atoms in total. The first-order valence-corrected chi connectivity index (χ1v) is 9.01. The molecule has 0 unspecified atom stereocenters. The second-order valence-electron chi connectivity index (χ2n) is 6.49. The summed E-state index contributed by atoms with van der Waals surface area (Å²) in [5.74, 6) is 2.08. The number of hydrogen-bond acceptors (Lipinski definition) is 5. The van der Waals surface area contributed by atoms with Crippen molar-refractivity contribution in [1.82, 2.24) is 9.80 Å². The van der Waals surface area contributed by atoms with Crippen LogP contribution in [0.1, 0.15) is 15.9 Å². The second kappa shape index (κ2) is 8.77. The van der Waals surface area contributed by atoms with Crippen molar-refractivity contribution in [2.45, 2.75) is 6.54 Å². The van der Waals surface area contributed by atoms with Gasteiger partial charge in [0.25, 0.3) is 5.91 Å². The molecule has 0 bridgehead atoms. The van der Waals surface area contributed by atoms with Crippen LogP contribution in [0.4, 0.5) is 0 Å². The molecule has 0 radical (unpaired) electrons. The molecule has 3 rings (SSSR count). The van der Waals surface area contributed by atoms with E-state index in [1.165, 1.54) is 5.56 Å². The van der Waals surface area contributed by atoms with Gasteiger partial charge in [0.1, 0.15) is 17.2 Å². The average molecular weight is 370 g/mol. The summed E-state index contributed by atoms with van der Waals surface area (Å²) in [4.78, 5) is 17.1. The minimum atomic E-state index is -0.00414. The smallest absolute Gasteiger partial charge is 0.257 e. The molecule has 1 heterocycles. The lowest BCUT2D eigenvalue weighted by Gasteiger charge is -2.35. The van der Waals surface area contributed by atoms with Gasteiger partial charge in [0.15, 0.2) is 0 Å². The molecular formula is C21H26N2O4. The fraction of sp³-hybridized carbons (Fsp3) is 0.381. The van der Waals surface area contributed by atoms with E-state index in [0.29, 0.717) is 30.2 Å². The SMILES string of the molecule is COc1cccc(CN2CCN(C(=O)c3ccc(OC)cc3OC)CC2)c1. The Morgan fingerprint density at radius 1 is 0.889 bits per heavy atom. The predicted molar refractivity (Wildman–Crippen MR) is 104 cm³/mol. The minimum Gasteiger partial charge on any atom is -0.497 e. The first-order valence-electron chi connectivity index (χ1n) is 9.01. The second-order valence-corrected chi connectivity index (χ2v) is 6.49. The van der Waals surface area contributed by atoms with Crippen molar-refractivity contribution in [3.05, 3.63) is 53.6 Å². The predicted octanol–water partition coefficient (Wildman–Crippen LogP) is 2.67. The minimum absolute atomic E-state index is 0.00414. The van der Waals surface area contributed by atoms with E-state index in [1.54, 1.807) is 39.5 Å². The molecule has 2 aromatic rings. The molecule has 0 N–H and O–H groups in total. The number of hydrogen-bond donors (Lipinski definition) is 0. The van der Waals surface area contributed by atoms with Crippen LogP contribution in [-0.2, 0) is 6.54 Å². The van der Waals surface area contributed by atoms with E-state index in [-0.39, 0.29) is 5.91 Å². The molecule has 0 atom stereocenters. The van der Waals surface area contributed by atoms with E-state index in [1.807, 2.05) is 17.0 Å². The molecular weight excluding hydrogens is 344 g/mol. The third kappa shape index (κ3) is 4.52. The van der Waals surface area contributed by atoms with Crippen molar-refractivity contribution in [2.24, 2.45) is 0 Å². The van der Waals surface area contributed by atoms with Crippen molar-refractivity contribution >= 4 is 5.91 Å². The summed E-state index contributed by atoms with van der Waals surface area (Å²) in [7, 11) is 4.84. The van der Waals surface area contributed by atoms with Gasteiger partial charge < -0.3 is 19.1 Å². The van der Waals surface area contributed by atoms with Gasteiger partial charge >= 0.3 is 0 Å². The van der Waals surface area contributed by atoms with Gasteiger partial charge in [0.05, 0.1) is 26.9 Å². The number of ether oxygens (including phenoxy) is 3. The molecule has 2 aromatic carbocycles. The Balaban J connectivity index is 1.61. The van der Waals surface area contributed by atoms with Gasteiger partial charge in [-0.05, 0) is 29.8 Å². The summed E-state index contributed by atoms with van der Waals surface area (Å²) in [6.45, 7) is 3.91. The quantitative estimate of drug-likeness (QED) is 0.783. The third-order valence-corrected chi connectivity index (χ3v) is 4.84. The van der Waals surface area contributed by atoms with Gasteiger partial charge in [0.2, 0.25) is 0 Å². The summed E-state index contributed by atoms with van der Waals surface area (Å²) < 4.78 is 15.9. The Morgan fingerprint density at radius 2 is 1.59 bits per heavy atom. The first kappa shape index (κ1) is 19.0. The Labute approximate surface area is 160 Å². The van der Waals surface area contributed by atoms with Gasteiger partial charge in [-0.3, -0.25) is 9.69 Å². The zero-order valence-corrected chi connectivity index (χ0v) is 16.1. The number of methoxy groups -OCH3 is 3.